The number of amides is 1. The number of anilines is 1. The molecule has 1 amide bonds. The summed E-state index contributed by atoms with van der Waals surface area (Å²) in [6.07, 6.45) is 0. The van der Waals surface area contributed by atoms with Crippen LogP contribution in [-0.4, -0.2) is 69.5 Å². The van der Waals surface area contributed by atoms with Crippen LogP contribution in [0.4, 0.5) is 5.69 Å². The third-order valence-corrected chi connectivity index (χ3v) is 5.98. The van der Waals surface area contributed by atoms with E-state index in [0.717, 1.165) is 13.1 Å². The van der Waals surface area contributed by atoms with Gasteiger partial charge in [0.05, 0.1) is 24.7 Å². The second kappa shape index (κ2) is 8.57. The maximum atomic E-state index is 12.5. The first kappa shape index (κ1) is 18.9. The smallest absolute Gasteiger partial charge is 0.243 e. The minimum Gasteiger partial charge on any atom is -0.379 e. The van der Waals surface area contributed by atoms with E-state index in [9.17, 15) is 13.2 Å². The average molecular weight is 355 g/mol. The van der Waals surface area contributed by atoms with E-state index in [1.807, 2.05) is 4.90 Å². The van der Waals surface area contributed by atoms with Gasteiger partial charge in [-0.2, -0.15) is 4.31 Å². The van der Waals surface area contributed by atoms with E-state index in [2.05, 4.69) is 5.32 Å². The van der Waals surface area contributed by atoms with Crippen LogP contribution >= 0.6 is 0 Å². The van der Waals surface area contributed by atoms with Gasteiger partial charge in [-0.05, 0) is 18.2 Å². The van der Waals surface area contributed by atoms with Crippen molar-refractivity contribution in [3.05, 3.63) is 24.3 Å². The Balaban J connectivity index is 2.05. The number of hydrogen-bond donors (Lipinski definition) is 1. The van der Waals surface area contributed by atoms with Crippen LogP contribution in [0, 0.1) is 0 Å². The molecule has 1 fully saturated rings. The summed E-state index contributed by atoms with van der Waals surface area (Å²) in [6, 6.07) is 6.38. The van der Waals surface area contributed by atoms with Crippen molar-refractivity contribution in [2.45, 2.75) is 18.7 Å². The number of nitrogens with zero attached hydrogens (tertiary/aromatic N) is 2. The van der Waals surface area contributed by atoms with E-state index in [-0.39, 0.29) is 17.3 Å². The molecule has 2 rings (SSSR count). The number of carbonyl (C=O) groups is 1. The second-order valence-corrected chi connectivity index (χ2v) is 7.49. The molecule has 0 radical (unpaired) electrons. The van der Waals surface area contributed by atoms with Gasteiger partial charge in [-0.3, -0.25) is 9.69 Å². The Kier molecular flexibility index (Phi) is 6.73. The fraction of sp³-hybridized carbons (Fsp3) is 0.562. The van der Waals surface area contributed by atoms with Gasteiger partial charge in [-0.15, -0.1) is 0 Å². The van der Waals surface area contributed by atoms with Crippen molar-refractivity contribution in [3.63, 3.8) is 0 Å². The van der Waals surface area contributed by atoms with Crippen LogP contribution in [0.15, 0.2) is 29.2 Å². The summed E-state index contributed by atoms with van der Waals surface area (Å²) >= 11 is 0. The summed E-state index contributed by atoms with van der Waals surface area (Å²) in [7, 11) is -3.53. The molecule has 0 aliphatic carbocycles. The van der Waals surface area contributed by atoms with Crippen molar-refractivity contribution >= 4 is 21.6 Å². The third kappa shape index (κ3) is 4.76. The summed E-state index contributed by atoms with van der Waals surface area (Å²) in [5.41, 5.74) is 0.487. The van der Waals surface area contributed by atoms with Crippen LogP contribution in [0.5, 0.6) is 0 Å². The SMILES string of the molecule is CCN(CC)S(=O)(=O)c1cccc(NC(=O)CN2CCOCC2)c1. The lowest BCUT2D eigenvalue weighted by atomic mass is 10.3. The summed E-state index contributed by atoms with van der Waals surface area (Å²) < 4.78 is 31.7. The molecule has 1 heterocycles. The molecule has 0 atom stereocenters. The minimum atomic E-state index is -3.53. The number of sulfonamides is 1. The molecule has 1 aromatic rings. The highest BCUT2D eigenvalue weighted by atomic mass is 32.2. The number of nitrogens with one attached hydrogen (secondary N) is 1. The van der Waals surface area contributed by atoms with E-state index in [1.165, 1.54) is 10.4 Å². The number of benzene rings is 1. The van der Waals surface area contributed by atoms with Gasteiger partial charge < -0.3 is 10.1 Å². The Morgan fingerprint density at radius 2 is 1.92 bits per heavy atom. The lowest BCUT2D eigenvalue weighted by Gasteiger charge is -2.25. The molecule has 1 aliphatic rings. The molecule has 8 heteroatoms. The van der Waals surface area contributed by atoms with Gasteiger partial charge in [0.15, 0.2) is 0 Å². The predicted octanol–water partition coefficient (Wildman–Crippen LogP) is 0.988. The van der Waals surface area contributed by atoms with Crippen LogP contribution in [0.3, 0.4) is 0 Å². The first-order chi connectivity index (χ1) is 11.5. The second-order valence-electron chi connectivity index (χ2n) is 5.55. The Morgan fingerprint density at radius 1 is 1.25 bits per heavy atom. The molecule has 134 valence electrons. The van der Waals surface area contributed by atoms with E-state index in [0.29, 0.717) is 32.0 Å². The van der Waals surface area contributed by atoms with Gasteiger partial charge in [0.25, 0.3) is 0 Å². The zero-order valence-electron chi connectivity index (χ0n) is 14.2. The summed E-state index contributed by atoms with van der Waals surface area (Å²) in [4.78, 5) is 14.3. The molecule has 7 nitrogen and oxygen atoms in total. The standard InChI is InChI=1S/C16H25N3O4S/c1-3-19(4-2)24(21,22)15-7-5-6-14(12-15)17-16(20)13-18-8-10-23-11-9-18/h5-7,12H,3-4,8-11,13H2,1-2H3,(H,17,20). The molecule has 1 aliphatic heterocycles. The Hall–Kier alpha value is -1.48. The molecule has 0 unspecified atom stereocenters. The van der Waals surface area contributed by atoms with Gasteiger partial charge >= 0.3 is 0 Å². The van der Waals surface area contributed by atoms with Crippen molar-refractivity contribution in [2.24, 2.45) is 0 Å². The average Bonchev–Trinajstić information content (AvgIpc) is 2.56. The molecule has 0 bridgehead atoms. The fourth-order valence-electron chi connectivity index (χ4n) is 2.61. The van der Waals surface area contributed by atoms with Crippen LogP contribution in [-0.2, 0) is 19.6 Å². The van der Waals surface area contributed by atoms with Gasteiger partial charge in [0.2, 0.25) is 15.9 Å². The van der Waals surface area contributed by atoms with Crippen molar-refractivity contribution in [1.29, 1.82) is 0 Å². The summed E-state index contributed by atoms with van der Waals surface area (Å²) in [6.45, 7) is 7.41. The largest absolute Gasteiger partial charge is 0.379 e. The minimum absolute atomic E-state index is 0.158. The van der Waals surface area contributed by atoms with Crippen molar-refractivity contribution in [3.8, 4) is 0 Å². The molecule has 1 aromatic carbocycles. The van der Waals surface area contributed by atoms with Crippen molar-refractivity contribution < 1.29 is 17.9 Å². The number of carbonyl (C=O) groups excluding carboxylic acids is 1. The molecule has 0 saturated carbocycles. The lowest BCUT2D eigenvalue weighted by molar-refractivity contribution is -0.118. The van der Waals surface area contributed by atoms with Gasteiger partial charge in [0, 0.05) is 31.9 Å². The van der Waals surface area contributed by atoms with Crippen LogP contribution < -0.4 is 5.32 Å². The van der Waals surface area contributed by atoms with Gasteiger partial charge in [-0.1, -0.05) is 19.9 Å². The van der Waals surface area contributed by atoms with E-state index in [1.54, 1.807) is 32.0 Å². The Morgan fingerprint density at radius 3 is 2.54 bits per heavy atom. The molecule has 0 aromatic heterocycles. The first-order valence-electron chi connectivity index (χ1n) is 8.17. The molecule has 24 heavy (non-hydrogen) atoms. The zero-order valence-corrected chi connectivity index (χ0v) is 15.0. The molecule has 0 spiro atoms. The van der Waals surface area contributed by atoms with E-state index in [4.69, 9.17) is 4.74 Å². The maximum Gasteiger partial charge on any atom is 0.243 e. The van der Waals surface area contributed by atoms with E-state index < -0.39 is 10.0 Å². The van der Waals surface area contributed by atoms with Crippen molar-refractivity contribution in [2.75, 3.05) is 51.3 Å². The Labute approximate surface area is 143 Å². The quantitative estimate of drug-likeness (QED) is 0.789. The van der Waals surface area contributed by atoms with E-state index >= 15 is 0 Å². The van der Waals surface area contributed by atoms with Crippen LogP contribution in [0.1, 0.15) is 13.8 Å². The highest BCUT2D eigenvalue weighted by Gasteiger charge is 2.22. The number of rotatable bonds is 7. The van der Waals surface area contributed by atoms with Gasteiger partial charge in [-0.25, -0.2) is 8.42 Å². The molecule has 1 saturated heterocycles. The molecule has 1 N–H and O–H groups in total. The monoisotopic (exact) mass is 355 g/mol. The van der Waals surface area contributed by atoms with Gasteiger partial charge in [0.1, 0.15) is 0 Å². The number of morpholine rings is 1. The Bertz CT molecular complexity index is 653. The molecular formula is C16H25N3O4S. The highest BCUT2D eigenvalue weighted by Crippen LogP contribution is 2.19. The fourth-order valence-corrected chi connectivity index (χ4v) is 4.11. The van der Waals surface area contributed by atoms with Crippen LogP contribution in [0.25, 0.3) is 0 Å². The van der Waals surface area contributed by atoms with Crippen LogP contribution in [0.2, 0.25) is 0 Å². The third-order valence-electron chi connectivity index (χ3n) is 3.93. The zero-order chi connectivity index (χ0) is 17.6. The summed E-state index contributed by atoms with van der Waals surface area (Å²) in [5, 5.41) is 2.77. The number of ether oxygens (including phenoxy) is 1. The predicted molar refractivity (Wildman–Crippen MR) is 92.4 cm³/mol. The topological polar surface area (TPSA) is 79.0 Å². The summed E-state index contributed by atoms with van der Waals surface area (Å²) in [5.74, 6) is -0.158. The lowest BCUT2D eigenvalue weighted by Crippen LogP contribution is -2.41. The highest BCUT2D eigenvalue weighted by molar-refractivity contribution is 7.89. The normalized spacial score (nSPS) is 16.3. The molecular weight excluding hydrogens is 330 g/mol. The van der Waals surface area contributed by atoms with Crippen molar-refractivity contribution in [1.82, 2.24) is 9.21 Å². The first-order valence-corrected chi connectivity index (χ1v) is 9.61. The number of hydrogen-bond acceptors (Lipinski definition) is 5. The maximum absolute atomic E-state index is 12.5.